The summed E-state index contributed by atoms with van der Waals surface area (Å²) in [6.07, 6.45) is 2.70. The number of hydrogen-bond donors (Lipinski definition) is 0. The number of nitro groups is 1. The minimum Gasteiger partial charge on any atom is -0.368 e. The Morgan fingerprint density at radius 1 is 0.824 bits per heavy atom. The lowest BCUT2D eigenvalue weighted by Gasteiger charge is -2.37. The van der Waals surface area contributed by atoms with E-state index in [2.05, 4.69) is 57.4 Å². The second-order valence-electron chi connectivity index (χ2n) is 18.3. The van der Waals surface area contributed by atoms with Crippen LogP contribution in [0.5, 0.6) is 0 Å². The predicted molar refractivity (Wildman–Crippen MR) is 281 cm³/mol. The van der Waals surface area contributed by atoms with Crippen molar-refractivity contribution in [3.05, 3.63) is 148 Å². The molecule has 2 saturated heterocycles. The average molecular weight is 996 g/mol. The highest BCUT2D eigenvalue weighted by molar-refractivity contribution is 7.99. The summed E-state index contributed by atoms with van der Waals surface area (Å²) in [5.74, 6) is 1.02. The van der Waals surface area contributed by atoms with Crippen molar-refractivity contribution in [1.29, 1.82) is 0 Å². The molecule has 0 N–H and O–H groups in total. The minimum absolute atomic E-state index is 0.00622. The first-order chi connectivity index (χ1) is 32.5. The van der Waals surface area contributed by atoms with E-state index < -0.39 is 17.4 Å². The van der Waals surface area contributed by atoms with Crippen molar-refractivity contribution in [3.63, 3.8) is 0 Å². The topological polar surface area (TPSA) is 121 Å². The molecule has 0 amide bonds. The van der Waals surface area contributed by atoms with Crippen LogP contribution in [0.25, 0.3) is 22.4 Å². The molecular weight excluding hydrogens is 935 g/mol. The summed E-state index contributed by atoms with van der Waals surface area (Å²) in [6, 6.07) is 38.9. The van der Waals surface area contributed by atoms with Gasteiger partial charge in [0.25, 0.3) is 5.69 Å². The molecule has 16 heteroatoms. The summed E-state index contributed by atoms with van der Waals surface area (Å²) >= 11 is 8.06. The maximum absolute atomic E-state index is 14.8. The number of nitro benzene ring substituents is 1. The molecule has 0 bridgehead atoms. The Kier molecular flexibility index (Phi) is 15.1. The summed E-state index contributed by atoms with van der Waals surface area (Å²) in [7, 11) is -3.19. The largest absolute Gasteiger partial charge is 0.368 e. The van der Waals surface area contributed by atoms with Crippen LogP contribution in [0.2, 0.25) is 5.02 Å². The van der Waals surface area contributed by atoms with Crippen molar-refractivity contribution in [1.82, 2.24) is 9.47 Å². The van der Waals surface area contributed by atoms with Gasteiger partial charge in [-0.05, 0) is 138 Å². The van der Waals surface area contributed by atoms with E-state index in [1.807, 2.05) is 99.9 Å². The molecular formula is C52H60ClN6O6PS2. The van der Waals surface area contributed by atoms with Crippen molar-refractivity contribution in [3.8, 4) is 22.4 Å². The van der Waals surface area contributed by atoms with Gasteiger partial charge in [0.15, 0.2) is 9.84 Å². The van der Waals surface area contributed by atoms with E-state index >= 15 is 0 Å². The summed E-state index contributed by atoms with van der Waals surface area (Å²) in [5.41, 5.74) is 7.34. The van der Waals surface area contributed by atoms with Gasteiger partial charge < -0.3 is 23.8 Å². The van der Waals surface area contributed by atoms with Crippen molar-refractivity contribution >= 4 is 68.8 Å². The van der Waals surface area contributed by atoms with E-state index in [1.165, 1.54) is 17.2 Å². The Morgan fingerprint density at radius 2 is 1.49 bits per heavy atom. The first-order valence-electron chi connectivity index (χ1n) is 23.1. The number of piperazine rings is 1. The first-order valence-corrected chi connectivity index (χ1v) is 27.9. The van der Waals surface area contributed by atoms with Crippen molar-refractivity contribution in [2.75, 3.05) is 86.4 Å². The fourth-order valence-corrected chi connectivity index (χ4v) is 14.2. The third-order valence-electron chi connectivity index (χ3n) is 12.9. The highest BCUT2D eigenvalue weighted by Gasteiger charge is 2.41. The number of aromatic nitrogens is 1. The van der Waals surface area contributed by atoms with E-state index in [0.717, 1.165) is 78.8 Å². The van der Waals surface area contributed by atoms with Gasteiger partial charge in [-0.1, -0.05) is 60.1 Å². The molecule has 0 radical (unpaired) electrons. The van der Waals surface area contributed by atoms with Gasteiger partial charge >= 0.3 is 7.52 Å². The van der Waals surface area contributed by atoms with Gasteiger partial charge in [-0.3, -0.25) is 19.3 Å². The van der Waals surface area contributed by atoms with Crippen molar-refractivity contribution < 1.29 is 22.4 Å². The fourth-order valence-electron chi connectivity index (χ4n) is 9.61. The molecule has 1 aromatic heterocycles. The Morgan fingerprint density at radius 3 is 2.12 bits per heavy atom. The van der Waals surface area contributed by atoms with Crippen LogP contribution in [0.4, 0.5) is 22.7 Å². The van der Waals surface area contributed by atoms with E-state index in [9.17, 15) is 23.1 Å². The van der Waals surface area contributed by atoms with Crippen LogP contribution < -0.4 is 19.8 Å². The second kappa shape index (κ2) is 20.9. The van der Waals surface area contributed by atoms with Gasteiger partial charge in [0, 0.05) is 94.1 Å². The van der Waals surface area contributed by atoms with Gasteiger partial charge in [-0.2, -0.15) is 0 Å². The smallest absolute Gasteiger partial charge is 0.326 e. The van der Waals surface area contributed by atoms with Crippen LogP contribution >= 0.6 is 30.9 Å². The number of hydrogen-bond acceptors (Lipinski definition) is 10. The molecule has 5 aromatic carbocycles. The molecule has 3 heterocycles. The maximum Gasteiger partial charge on any atom is 0.326 e. The molecule has 12 nitrogen and oxygen atoms in total. The monoisotopic (exact) mass is 994 g/mol. The van der Waals surface area contributed by atoms with Crippen LogP contribution in [0.1, 0.15) is 37.6 Å². The standard InChI is InChI=1S/C52H60ClN6O6PS2/c1-37(2)58-38(3)52(68(6,63)64)50(51(58)40-15-18-43(53)19-16-40)42-11-10-12-46(34-42)56-29-27-55(28-30-56)44-20-22-45(23-21-44)57-31-32-65-66(57,62)47-24-17-41(49(35-47)59(60)61)33-39(25-26-54(4)5)36-67-48-13-8-7-9-14-48/h7-24,34-35,37,39H,25-33,36H2,1-6H3/t39-,66+/m0/s1. The Labute approximate surface area is 410 Å². The van der Waals surface area contributed by atoms with Gasteiger partial charge in [0.1, 0.15) is 0 Å². The molecule has 2 atom stereocenters. The van der Waals surface area contributed by atoms with Gasteiger partial charge in [-0.15, -0.1) is 11.8 Å². The Balaban J connectivity index is 0.975. The van der Waals surface area contributed by atoms with E-state index in [-0.39, 0.29) is 29.2 Å². The number of anilines is 3. The fraction of sp³-hybridized carbons (Fsp3) is 0.346. The predicted octanol–water partition coefficient (Wildman–Crippen LogP) is 11.3. The number of sulfone groups is 1. The van der Waals surface area contributed by atoms with Crippen LogP contribution in [-0.4, -0.2) is 94.8 Å². The molecule has 2 fully saturated rings. The lowest BCUT2D eigenvalue weighted by molar-refractivity contribution is -0.385. The summed E-state index contributed by atoms with van der Waals surface area (Å²) < 4.78 is 51.8. The molecule has 0 unspecified atom stereocenters. The van der Waals surface area contributed by atoms with Crippen LogP contribution in [0.3, 0.4) is 0 Å². The molecule has 0 saturated carbocycles. The molecule has 0 aliphatic carbocycles. The first kappa shape index (κ1) is 49.3. The molecule has 8 rings (SSSR count). The molecule has 2 aliphatic heterocycles. The third-order valence-corrected chi connectivity index (χ3v) is 18.2. The zero-order valence-corrected chi connectivity index (χ0v) is 42.8. The van der Waals surface area contributed by atoms with Gasteiger partial charge in [0.2, 0.25) is 0 Å². The number of benzene rings is 5. The molecule has 358 valence electrons. The highest BCUT2D eigenvalue weighted by atomic mass is 35.5. The number of rotatable bonds is 17. The number of halogens is 1. The molecule has 2 aliphatic rings. The molecule has 0 spiro atoms. The zero-order valence-electron chi connectivity index (χ0n) is 39.5. The average Bonchev–Trinajstić information content (AvgIpc) is 3.88. The van der Waals surface area contributed by atoms with Crippen molar-refractivity contribution in [2.45, 2.75) is 49.4 Å². The third kappa shape index (κ3) is 10.7. The zero-order chi connectivity index (χ0) is 48.3. The normalized spacial score (nSPS) is 17.1. The maximum atomic E-state index is 14.8. The number of nitrogens with zero attached hydrogens (tertiary/aromatic N) is 6. The van der Waals surface area contributed by atoms with Crippen LogP contribution in [-0.2, 0) is 25.3 Å². The van der Waals surface area contributed by atoms with Gasteiger partial charge in [0.05, 0.1) is 34.0 Å². The van der Waals surface area contributed by atoms with Crippen molar-refractivity contribution in [2.24, 2.45) is 5.92 Å². The highest BCUT2D eigenvalue weighted by Crippen LogP contribution is 2.56. The quantitative estimate of drug-likeness (QED) is 0.0376. The molecule has 68 heavy (non-hydrogen) atoms. The molecule has 6 aromatic rings. The lowest BCUT2D eigenvalue weighted by Crippen LogP contribution is -2.46. The van der Waals surface area contributed by atoms with Crippen LogP contribution in [0.15, 0.2) is 131 Å². The van der Waals surface area contributed by atoms with Crippen LogP contribution in [0, 0.1) is 23.0 Å². The lowest BCUT2D eigenvalue weighted by atomic mass is 9.96. The summed E-state index contributed by atoms with van der Waals surface area (Å²) in [5, 5.41) is 13.5. The summed E-state index contributed by atoms with van der Waals surface area (Å²) in [4.78, 5) is 20.5. The van der Waals surface area contributed by atoms with E-state index in [0.29, 0.717) is 45.0 Å². The number of thioether (sulfide) groups is 1. The Bertz CT molecular complexity index is 2910. The Hall–Kier alpha value is -5.08. The SMILES string of the molecule is Cc1c(S(C)(=O)=O)c(-c2cccc(N3CCN(c4ccc(N5CCO[P@]5(=O)c5ccc(C[C@H](CCN(C)C)CSc6ccccc6)c([N+](=O)[O-])c5)cc4)CC3)c2)c(-c2ccc(Cl)cc2)n1C(C)C. The second-order valence-corrected chi connectivity index (χ2v) is 24.0. The summed E-state index contributed by atoms with van der Waals surface area (Å²) in [6.45, 7) is 10.5. The van der Waals surface area contributed by atoms with E-state index in [1.54, 1.807) is 28.6 Å². The minimum atomic E-state index is -3.65. The van der Waals surface area contributed by atoms with Gasteiger partial charge in [-0.25, -0.2) is 8.42 Å². The van der Waals surface area contributed by atoms with E-state index in [4.69, 9.17) is 16.1 Å².